The fraction of sp³-hybridized carbons (Fsp3) is 0.423. The van der Waals surface area contributed by atoms with Crippen molar-refractivity contribution in [2.75, 3.05) is 19.0 Å². The first-order valence-corrected chi connectivity index (χ1v) is 12.5. The largest absolute Gasteiger partial charge is 0.467 e. The standard InChI is InChI=1S/C26H31N7O7/c1-26(2,3)40-25(37)30-17-10-18(23(35)38-4)33(11-17)19(34)12-32-15-29-20-21(27-14-28-22(20)32)31-24(36)39-13-16-8-6-5-7-9-16/h5-9,14-15,17-18H,10-13H2,1-4H3,(H,30,37)(H,27,28,31,36)/t17-,18+/m1/s1. The third-order valence-corrected chi connectivity index (χ3v) is 5.96. The van der Waals surface area contributed by atoms with E-state index in [1.165, 1.54) is 29.2 Å². The van der Waals surface area contributed by atoms with Gasteiger partial charge in [-0.25, -0.2) is 29.3 Å². The van der Waals surface area contributed by atoms with E-state index in [-0.39, 0.29) is 37.5 Å². The van der Waals surface area contributed by atoms with E-state index in [1.807, 2.05) is 30.3 Å². The Balaban J connectivity index is 1.43. The monoisotopic (exact) mass is 553 g/mol. The van der Waals surface area contributed by atoms with Crippen molar-refractivity contribution >= 4 is 41.0 Å². The van der Waals surface area contributed by atoms with Gasteiger partial charge in [-0.05, 0) is 26.3 Å². The fourth-order valence-electron chi connectivity index (χ4n) is 4.23. The van der Waals surface area contributed by atoms with Crippen LogP contribution in [0.25, 0.3) is 11.2 Å². The van der Waals surface area contributed by atoms with Crippen LogP contribution in [0.1, 0.15) is 32.8 Å². The zero-order valence-corrected chi connectivity index (χ0v) is 22.6. The van der Waals surface area contributed by atoms with E-state index in [0.717, 1.165) is 5.56 Å². The number of methoxy groups -OCH3 is 1. The lowest BCUT2D eigenvalue weighted by molar-refractivity contribution is -0.151. The van der Waals surface area contributed by atoms with Gasteiger partial charge in [0.15, 0.2) is 17.0 Å². The Morgan fingerprint density at radius 2 is 1.80 bits per heavy atom. The molecule has 1 aliphatic heterocycles. The van der Waals surface area contributed by atoms with Gasteiger partial charge in [-0.1, -0.05) is 30.3 Å². The number of likely N-dealkylation sites (tertiary alicyclic amines) is 1. The maximum absolute atomic E-state index is 13.3. The summed E-state index contributed by atoms with van der Waals surface area (Å²) in [6.07, 6.45) is 1.42. The maximum Gasteiger partial charge on any atom is 0.413 e. The molecule has 1 saturated heterocycles. The zero-order chi connectivity index (χ0) is 28.9. The van der Waals surface area contributed by atoms with E-state index < -0.39 is 41.7 Å². The summed E-state index contributed by atoms with van der Waals surface area (Å²) in [5, 5.41) is 5.26. The smallest absolute Gasteiger partial charge is 0.413 e. The van der Waals surface area contributed by atoms with Crippen LogP contribution in [0.3, 0.4) is 0 Å². The molecule has 40 heavy (non-hydrogen) atoms. The third kappa shape index (κ3) is 7.01. The topological polar surface area (TPSA) is 167 Å². The second-order valence-corrected chi connectivity index (χ2v) is 10.1. The molecule has 0 spiro atoms. The van der Waals surface area contributed by atoms with Crippen molar-refractivity contribution in [3.63, 3.8) is 0 Å². The molecule has 4 rings (SSSR count). The van der Waals surface area contributed by atoms with Crippen LogP contribution in [-0.2, 0) is 37.0 Å². The predicted octanol–water partition coefficient (Wildman–Crippen LogP) is 2.24. The Labute approximate surface area is 230 Å². The van der Waals surface area contributed by atoms with Gasteiger partial charge in [0.25, 0.3) is 0 Å². The molecule has 0 radical (unpaired) electrons. The van der Waals surface area contributed by atoms with Gasteiger partial charge in [-0.2, -0.15) is 0 Å². The van der Waals surface area contributed by atoms with Crippen LogP contribution in [0.2, 0.25) is 0 Å². The molecular formula is C26H31N7O7. The molecule has 3 heterocycles. The lowest BCUT2D eigenvalue weighted by atomic mass is 10.1. The van der Waals surface area contributed by atoms with Gasteiger partial charge in [0.05, 0.1) is 19.5 Å². The molecule has 3 aromatic rings. The number of imidazole rings is 1. The van der Waals surface area contributed by atoms with E-state index >= 15 is 0 Å². The highest BCUT2D eigenvalue weighted by Crippen LogP contribution is 2.22. The third-order valence-electron chi connectivity index (χ3n) is 5.96. The van der Waals surface area contributed by atoms with Gasteiger partial charge in [-0.15, -0.1) is 0 Å². The van der Waals surface area contributed by atoms with Crippen molar-refractivity contribution in [3.05, 3.63) is 48.5 Å². The van der Waals surface area contributed by atoms with E-state index in [4.69, 9.17) is 14.2 Å². The number of benzene rings is 1. The van der Waals surface area contributed by atoms with Crippen molar-refractivity contribution in [2.24, 2.45) is 0 Å². The van der Waals surface area contributed by atoms with Crippen LogP contribution >= 0.6 is 0 Å². The van der Waals surface area contributed by atoms with Crippen molar-refractivity contribution in [3.8, 4) is 0 Å². The molecule has 1 aliphatic rings. The number of nitrogens with one attached hydrogen (secondary N) is 2. The molecule has 0 unspecified atom stereocenters. The number of esters is 1. The molecule has 14 nitrogen and oxygen atoms in total. The minimum atomic E-state index is -0.890. The summed E-state index contributed by atoms with van der Waals surface area (Å²) in [6.45, 7) is 5.16. The highest BCUT2D eigenvalue weighted by Gasteiger charge is 2.41. The van der Waals surface area contributed by atoms with Gasteiger partial charge in [0.2, 0.25) is 5.91 Å². The number of carbonyl (C=O) groups excluding carboxylic acids is 4. The number of rotatable bonds is 7. The van der Waals surface area contributed by atoms with Crippen molar-refractivity contribution in [1.29, 1.82) is 0 Å². The van der Waals surface area contributed by atoms with E-state index in [0.29, 0.717) is 5.65 Å². The quantitative estimate of drug-likeness (QED) is 0.327. The van der Waals surface area contributed by atoms with E-state index in [2.05, 4.69) is 25.6 Å². The number of aromatic nitrogens is 4. The Morgan fingerprint density at radius 1 is 1.05 bits per heavy atom. The second kappa shape index (κ2) is 12.0. The molecular weight excluding hydrogens is 522 g/mol. The van der Waals surface area contributed by atoms with E-state index in [9.17, 15) is 19.2 Å². The first-order chi connectivity index (χ1) is 19.0. The fourth-order valence-corrected chi connectivity index (χ4v) is 4.23. The summed E-state index contributed by atoms with van der Waals surface area (Å²) < 4.78 is 16.9. The molecule has 2 aromatic heterocycles. The minimum Gasteiger partial charge on any atom is -0.467 e. The zero-order valence-electron chi connectivity index (χ0n) is 22.6. The summed E-state index contributed by atoms with van der Waals surface area (Å²) in [5.41, 5.74) is 0.668. The molecule has 0 aliphatic carbocycles. The van der Waals surface area contributed by atoms with Gasteiger partial charge in [0.1, 0.15) is 31.1 Å². The average Bonchev–Trinajstić information content (AvgIpc) is 3.51. The molecule has 1 aromatic carbocycles. The van der Waals surface area contributed by atoms with Crippen LogP contribution in [-0.4, -0.2) is 79.8 Å². The first-order valence-electron chi connectivity index (χ1n) is 12.5. The first kappa shape index (κ1) is 28.3. The van der Waals surface area contributed by atoms with Crippen molar-refractivity contribution < 1.29 is 33.4 Å². The van der Waals surface area contributed by atoms with Crippen LogP contribution in [0.5, 0.6) is 0 Å². The number of nitrogens with zero attached hydrogens (tertiary/aromatic N) is 5. The van der Waals surface area contributed by atoms with Crippen LogP contribution in [0.4, 0.5) is 15.4 Å². The highest BCUT2D eigenvalue weighted by molar-refractivity contribution is 5.94. The average molecular weight is 554 g/mol. The Morgan fingerprint density at radius 3 is 2.50 bits per heavy atom. The lowest BCUT2D eigenvalue weighted by Gasteiger charge is -2.23. The highest BCUT2D eigenvalue weighted by atomic mass is 16.6. The van der Waals surface area contributed by atoms with Gasteiger partial charge < -0.3 is 29.0 Å². The summed E-state index contributed by atoms with van der Waals surface area (Å²) in [6, 6.07) is 7.80. The Hall–Kier alpha value is -4.75. The number of anilines is 1. The number of alkyl carbamates (subject to hydrolysis) is 1. The van der Waals surface area contributed by atoms with E-state index in [1.54, 1.807) is 20.8 Å². The molecule has 0 bridgehead atoms. The van der Waals surface area contributed by atoms with Gasteiger partial charge in [-0.3, -0.25) is 10.1 Å². The Bertz CT molecular complexity index is 1390. The number of ether oxygens (including phenoxy) is 3. The minimum absolute atomic E-state index is 0.0742. The summed E-state index contributed by atoms with van der Waals surface area (Å²) in [5.74, 6) is -0.900. The van der Waals surface area contributed by atoms with Gasteiger partial charge in [0, 0.05) is 13.0 Å². The van der Waals surface area contributed by atoms with Crippen LogP contribution in [0.15, 0.2) is 43.0 Å². The lowest BCUT2D eigenvalue weighted by Crippen LogP contribution is -2.43. The SMILES string of the molecule is COC(=O)[C@@H]1C[C@@H](NC(=O)OC(C)(C)C)CN1C(=O)Cn1cnc2c(NC(=O)OCc3ccccc3)ncnc21. The Kier molecular flexibility index (Phi) is 8.46. The van der Waals surface area contributed by atoms with Crippen molar-refractivity contribution in [2.45, 2.75) is 58.0 Å². The number of carbonyl (C=O) groups is 4. The number of hydrogen-bond acceptors (Lipinski definition) is 10. The summed E-state index contributed by atoms with van der Waals surface area (Å²) >= 11 is 0. The van der Waals surface area contributed by atoms with Crippen LogP contribution in [0, 0.1) is 0 Å². The van der Waals surface area contributed by atoms with Crippen LogP contribution < -0.4 is 10.6 Å². The number of fused-ring (bicyclic) bond motifs is 1. The predicted molar refractivity (Wildman–Crippen MR) is 141 cm³/mol. The second-order valence-electron chi connectivity index (χ2n) is 10.1. The van der Waals surface area contributed by atoms with Gasteiger partial charge >= 0.3 is 18.2 Å². The molecule has 212 valence electrons. The molecule has 1 fully saturated rings. The molecule has 2 N–H and O–H groups in total. The summed E-state index contributed by atoms with van der Waals surface area (Å²) in [7, 11) is 1.24. The number of hydrogen-bond donors (Lipinski definition) is 2. The molecule has 3 amide bonds. The molecule has 0 saturated carbocycles. The molecule has 14 heteroatoms. The maximum atomic E-state index is 13.3. The number of amides is 3. The normalized spacial score (nSPS) is 16.9. The molecule has 2 atom stereocenters. The summed E-state index contributed by atoms with van der Waals surface area (Å²) in [4.78, 5) is 64.2. The van der Waals surface area contributed by atoms with Crippen molar-refractivity contribution in [1.82, 2.24) is 29.7 Å².